The van der Waals surface area contributed by atoms with E-state index < -0.39 is 11.8 Å². The van der Waals surface area contributed by atoms with E-state index in [4.69, 9.17) is 0 Å². The van der Waals surface area contributed by atoms with Crippen LogP contribution in [0.2, 0.25) is 0 Å². The predicted molar refractivity (Wildman–Crippen MR) is 103 cm³/mol. The van der Waals surface area contributed by atoms with Gasteiger partial charge in [0.25, 0.3) is 17.7 Å². The summed E-state index contributed by atoms with van der Waals surface area (Å²) in [5.41, 5.74) is 0.668. The number of imide groups is 1. The van der Waals surface area contributed by atoms with E-state index >= 15 is 0 Å². The second-order valence-corrected chi connectivity index (χ2v) is 7.80. The van der Waals surface area contributed by atoms with Crippen molar-refractivity contribution < 1.29 is 19.2 Å². The molecule has 0 aliphatic carbocycles. The van der Waals surface area contributed by atoms with Gasteiger partial charge >= 0.3 is 0 Å². The number of benzene rings is 1. The van der Waals surface area contributed by atoms with Gasteiger partial charge in [-0.1, -0.05) is 18.2 Å². The SMILES string of the molecule is O=C(CN1C(=O)c2ccccc2C1=O)NC1CCN(C(=O)c2cccs2)CC1. The van der Waals surface area contributed by atoms with Gasteiger partial charge in [0.2, 0.25) is 5.91 Å². The van der Waals surface area contributed by atoms with E-state index in [0.717, 1.165) is 4.90 Å². The van der Waals surface area contributed by atoms with E-state index in [-0.39, 0.29) is 24.4 Å². The highest BCUT2D eigenvalue weighted by Gasteiger charge is 2.36. The zero-order valence-corrected chi connectivity index (χ0v) is 15.9. The molecule has 0 saturated carbocycles. The minimum atomic E-state index is -0.438. The number of likely N-dealkylation sites (tertiary alicyclic amines) is 1. The fourth-order valence-electron chi connectivity index (χ4n) is 3.58. The molecule has 1 fully saturated rings. The van der Waals surface area contributed by atoms with Crippen LogP contribution in [0.5, 0.6) is 0 Å². The van der Waals surface area contributed by atoms with Gasteiger partial charge < -0.3 is 10.2 Å². The molecule has 1 saturated heterocycles. The van der Waals surface area contributed by atoms with Crippen LogP contribution in [-0.4, -0.2) is 59.1 Å². The van der Waals surface area contributed by atoms with Crippen LogP contribution in [0.3, 0.4) is 0 Å². The standard InChI is InChI=1S/C20H19N3O4S/c24-17(12-23-18(25)14-4-1-2-5-15(14)19(23)26)21-13-7-9-22(10-8-13)20(27)16-6-3-11-28-16/h1-6,11,13H,7-10,12H2,(H,21,24). The van der Waals surface area contributed by atoms with Crippen molar-refractivity contribution in [3.05, 3.63) is 57.8 Å². The van der Waals surface area contributed by atoms with E-state index in [1.54, 1.807) is 29.2 Å². The molecule has 2 aliphatic rings. The summed E-state index contributed by atoms with van der Waals surface area (Å²) in [6.07, 6.45) is 1.29. The fraction of sp³-hybridized carbons (Fsp3) is 0.300. The van der Waals surface area contributed by atoms with Crippen LogP contribution in [0.25, 0.3) is 0 Å². The van der Waals surface area contributed by atoms with E-state index in [1.165, 1.54) is 11.3 Å². The van der Waals surface area contributed by atoms with Crippen LogP contribution in [0.15, 0.2) is 41.8 Å². The Balaban J connectivity index is 1.29. The first-order chi connectivity index (χ1) is 13.5. The van der Waals surface area contributed by atoms with Crippen molar-refractivity contribution in [3.63, 3.8) is 0 Å². The molecule has 1 aromatic carbocycles. The Morgan fingerprint density at radius 1 is 1.00 bits per heavy atom. The molecule has 0 atom stereocenters. The summed E-state index contributed by atoms with van der Waals surface area (Å²) in [5.74, 6) is -1.22. The summed E-state index contributed by atoms with van der Waals surface area (Å²) in [7, 11) is 0. The van der Waals surface area contributed by atoms with Crippen LogP contribution in [0.4, 0.5) is 0 Å². The molecule has 1 N–H and O–H groups in total. The molecule has 0 bridgehead atoms. The van der Waals surface area contributed by atoms with Crippen molar-refractivity contribution in [1.29, 1.82) is 0 Å². The number of thiophene rings is 1. The molecular formula is C20H19N3O4S. The van der Waals surface area contributed by atoms with E-state index in [9.17, 15) is 19.2 Å². The first kappa shape index (κ1) is 18.4. The number of piperidine rings is 1. The molecule has 8 heteroatoms. The minimum Gasteiger partial charge on any atom is -0.352 e. The molecule has 0 spiro atoms. The number of carbonyl (C=O) groups excluding carboxylic acids is 4. The van der Waals surface area contributed by atoms with Crippen LogP contribution in [0, 0.1) is 0 Å². The first-order valence-corrected chi connectivity index (χ1v) is 10.00. The highest BCUT2D eigenvalue weighted by molar-refractivity contribution is 7.12. The molecule has 144 valence electrons. The Morgan fingerprint density at radius 2 is 1.64 bits per heavy atom. The lowest BCUT2D eigenvalue weighted by Gasteiger charge is -2.32. The van der Waals surface area contributed by atoms with Gasteiger partial charge in [-0.05, 0) is 36.4 Å². The van der Waals surface area contributed by atoms with Gasteiger partial charge in [-0.3, -0.25) is 24.1 Å². The molecule has 3 heterocycles. The molecule has 2 aliphatic heterocycles. The summed E-state index contributed by atoms with van der Waals surface area (Å²) >= 11 is 1.42. The molecule has 1 aromatic heterocycles. The highest BCUT2D eigenvalue weighted by Crippen LogP contribution is 2.22. The number of nitrogens with zero attached hydrogens (tertiary/aromatic N) is 2. The first-order valence-electron chi connectivity index (χ1n) is 9.12. The van der Waals surface area contributed by atoms with Crippen LogP contribution in [-0.2, 0) is 4.79 Å². The van der Waals surface area contributed by atoms with E-state index in [1.807, 2.05) is 17.5 Å². The van der Waals surface area contributed by atoms with Gasteiger partial charge in [0.1, 0.15) is 6.54 Å². The number of amides is 4. The Kier molecular flexibility index (Phi) is 4.95. The Labute approximate surface area is 165 Å². The van der Waals surface area contributed by atoms with E-state index in [2.05, 4.69) is 5.32 Å². The number of rotatable bonds is 4. The van der Waals surface area contributed by atoms with Crippen LogP contribution < -0.4 is 5.32 Å². The zero-order chi connectivity index (χ0) is 19.7. The second-order valence-electron chi connectivity index (χ2n) is 6.85. The molecule has 7 nitrogen and oxygen atoms in total. The minimum absolute atomic E-state index is 0.0193. The van der Waals surface area contributed by atoms with Gasteiger partial charge in [0.05, 0.1) is 16.0 Å². The van der Waals surface area contributed by atoms with Gasteiger partial charge in [0, 0.05) is 19.1 Å². The molecule has 0 radical (unpaired) electrons. The molecule has 2 aromatic rings. The predicted octanol–water partition coefficient (Wildman–Crippen LogP) is 1.77. The van der Waals surface area contributed by atoms with Crippen molar-refractivity contribution in [2.24, 2.45) is 0 Å². The van der Waals surface area contributed by atoms with Gasteiger partial charge in [-0.15, -0.1) is 11.3 Å². The molecular weight excluding hydrogens is 378 g/mol. The number of carbonyl (C=O) groups is 4. The van der Waals surface area contributed by atoms with Gasteiger partial charge in [-0.25, -0.2) is 0 Å². The van der Waals surface area contributed by atoms with Gasteiger partial charge in [-0.2, -0.15) is 0 Å². The Morgan fingerprint density at radius 3 is 2.21 bits per heavy atom. The maximum absolute atomic E-state index is 12.4. The highest BCUT2D eigenvalue weighted by atomic mass is 32.1. The number of hydrogen-bond donors (Lipinski definition) is 1. The third-order valence-electron chi connectivity index (χ3n) is 5.06. The lowest BCUT2D eigenvalue weighted by Crippen LogP contribution is -2.49. The number of fused-ring (bicyclic) bond motifs is 1. The normalized spacial score (nSPS) is 17.0. The van der Waals surface area contributed by atoms with Crippen molar-refractivity contribution in [2.75, 3.05) is 19.6 Å². The smallest absolute Gasteiger partial charge is 0.263 e. The largest absolute Gasteiger partial charge is 0.352 e. The average molecular weight is 397 g/mol. The third-order valence-corrected chi connectivity index (χ3v) is 5.92. The molecule has 0 unspecified atom stereocenters. The lowest BCUT2D eigenvalue weighted by molar-refractivity contribution is -0.122. The van der Waals surface area contributed by atoms with Crippen molar-refractivity contribution in [2.45, 2.75) is 18.9 Å². The van der Waals surface area contributed by atoms with Crippen LogP contribution in [0.1, 0.15) is 43.2 Å². The van der Waals surface area contributed by atoms with Crippen molar-refractivity contribution >= 4 is 35.0 Å². The fourth-order valence-corrected chi connectivity index (χ4v) is 4.27. The van der Waals surface area contributed by atoms with E-state index in [0.29, 0.717) is 41.9 Å². The molecule has 4 rings (SSSR count). The van der Waals surface area contributed by atoms with Gasteiger partial charge in [0.15, 0.2) is 0 Å². The second kappa shape index (κ2) is 7.55. The molecule has 28 heavy (non-hydrogen) atoms. The number of hydrogen-bond acceptors (Lipinski definition) is 5. The quantitative estimate of drug-likeness (QED) is 0.797. The summed E-state index contributed by atoms with van der Waals surface area (Å²) in [6.45, 7) is 0.837. The summed E-state index contributed by atoms with van der Waals surface area (Å²) < 4.78 is 0. The van der Waals surface area contributed by atoms with Crippen molar-refractivity contribution in [1.82, 2.24) is 15.1 Å². The average Bonchev–Trinajstić information content (AvgIpc) is 3.32. The number of nitrogens with one attached hydrogen (secondary N) is 1. The Hall–Kier alpha value is -3.00. The maximum Gasteiger partial charge on any atom is 0.263 e. The zero-order valence-electron chi connectivity index (χ0n) is 15.1. The van der Waals surface area contributed by atoms with Crippen LogP contribution >= 0.6 is 11.3 Å². The Bertz CT molecular complexity index is 898. The van der Waals surface area contributed by atoms with Crippen molar-refractivity contribution in [3.8, 4) is 0 Å². The summed E-state index contributed by atoms with van der Waals surface area (Å²) in [6, 6.07) is 10.2. The monoisotopic (exact) mass is 397 g/mol. The maximum atomic E-state index is 12.4. The topological polar surface area (TPSA) is 86.8 Å². The molecule has 4 amide bonds. The lowest BCUT2D eigenvalue weighted by atomic mass is 10.0. The summed E-state index contributed by atoms with van der Waals surface area (Å²) in [4.78, 5) is 52.9. The third kappa shape index (κ3) is 3.43. The summed E-state index contributed by atoms with van der Waals surface area (Å²) in [5, 5.41) is 4.76.